The maximum atomic E-state index is 11.3. The van der Waals surface area contributed by atoms with Crippen LogP contribution in [0.25, 0.3) is 11.8 Å². The van der Waals surface area contributed by atoms with Gasteiger partial charge >= 0.3 is 0 Å². The van der Waals surface area contributed by atoms with Crippen LogP contribution in [-0.4, -0.2) is 10.9 Å². The van der Waals surface area contributed by atoms with E-state index in [9.17, 15) is 4.79 Å². The van der Waals surface area contributed by atoms with Gasteiger partial charge in [-0.25, -0.2) is 0 Å². The van der Waals surface area contributed by atoms with Crippen molar-refractivity contribution in [2.24, 2.45) is 5.92 Å². The van der Waals surface area contributed by atoms with Crippen LogP contribution >= 0.6 is 0 Å². The van der Waals surface area contributed by atoms with E-state index in [1.54, 1.807) is 0 Å². The van der Waals surface area contributed by atoms with Crippen molar-refractivity contribution in [2.75, 3.05) is 0 Å². The number of aromatic nitrogens is 1. The Labute approximate surface area is 106 Å². The molecule has 0 N–H and O–H groups in total. The zero-order valence-electron chi connectivity index (χ0n) is 9.91. The van der Waals surface area contributed by atoms with Gasteiger partial charge in [0.15, 0.2) is 6.29 Å². The fraction of sp³-hybridized carbons (Fsp3) is 0.188. The molecular formula is C16H13NO. The highest BCUT2D eigenvalue weighted by Crippen LogP contribution is 2.53. The Hall–Kier alpha value is -2.09. The molecule has 2 heteroatoms. The monoisotopic (exact) mass is 235 g/mol. The summed E-state index contributed by atoms with van der Waals surface area (Å²) >= 11 is 0. The SMILES string of the molecule is O=Cc1cc2c(n1-c1ccccc1)C1C[C@@H]1C=C2. The number of allylic oxidation sites excluding steroid dienone is 1. The molecule has 2 aliphatic rings. The lowest BCUT2D eigenvalue weighted by molar-refractivity contribution is 0.111. The summed E-state index contributed by atoms with van der Waals surface area (Å²) in [5, 5.41) is 0. The van der Waals surface area contributed by atoms with Crippen LogP contribution in [0.5, 0.6) is 0 Å². The molecule has 1 aromatic carbocycles. The van der Waals surface area contributed by atoms with Gasteiger partial charge in [0.05, 0.1) is 5.69 Å². The van der Waals surface area contributed by atoms with Crippen LogP contribution in [0, 0.1) is 5.92 Å². The summed E-state index contributed by atoms with van der Waals surface area (Å²) in [5.41, 5.74) is 4.36. The maximum Gasteiger partial charge on any atom is 0.166 e. The van der Waals surface area contributed by atoms with E-state index in [4.69, 9.17) is 0 Å². The topological polar surface area (TPSA) is 22.0 Å². The van der Waals surface area contributed by atoms with E-state index in [0.29, 0.717) is 11.8 Å². The summed E-state index contributed by atoms with van der Waals surface area (Å²) in [5.74, 6) is 1.30. The molecule has 1 saturated carbocycles. The number of para-hydroxylation sites is 1. The molecule has 0 bridgehead atoms. The minimum atomic E-state index is 0.610. The van der Waals surface area contributed by atoms with E-state index in [1.807, 2.05) is 24.3 Å². The van der Waals surface area contributed by atoms with Crippen LogP contribution in [0.1, 0.15) is 34.1 Å². The molecule has 0 radical (unpaired) electrons. The zero-order chi connectivity index (χ0) is 12.1. The Morgan fingerprint density at radius 1 is 1.22 bits per heavy atom. The van der Waals surface area contributed by atoms with Crippen LogP contribution in [-0.2, 0) is 0 Å². The molecule has 2 aliphatic carbocycles. The second-order valence-electron chi connectivity index (χ2n) is 5.06. The molecule has 1 heterocycles. The number of aldehydes is 1. The number of nitrogens with zero attached hydrogens (tertiary/aromatic N) is 1. The van der Waals surface area contributed by atoms with Crippen LogP contribution in [0.4, 0.5) is 0 Å². The van der Waals surface area contributed by atoms with Gasteiger partial charge in [-0.15, -0.1) is 0 Å². The average molecular weight is 235 g/mol. The smallest absolute Gasteiger partial charge is 0.166 e. The quantitative estimate of drug-likeness (QED) is 0.731. The van der Waals surface area contributed by atoms with Gasteiger partial charge in [-0.05, 0) is 36.1 Å². The van der Waals surface area contributed by atoms with Crippen molar-refractivity contribution < 1.29 is 4.79 Å². The third-order valence-electron chi connectivity index (χ3n) is 3.95. The molecule has 0 spiro atoms. The Balaban J connectivity index is 1.99. The summed E-state index contributed by atoms with van der Waals surface area (Å²) in [7, 11) is 0. The van der Waals surface area contributed by atoms with Gasteiger partial charge in [-0.3, -0.25) is 4.79 Å². The first-order chi connectivity index (χ1) is 8.88. The minimum absolute atomic E-state index is 0.610. The number of carbonyl (C=O) groups excluding carboxylic acids is 1. The van der Waals surface area contributed by atoms with E-state index in [1.165, 1.54) is 17.7 Å². The third kappa shape index (κ3) is 1.26. The summed E-state index contributed by atoms with van der Waals surface area (Å²) in [6.45, 7) is 0. The molecule has 88 valence electrons. The van der Waals surface area contributed by atoms with Crippen molar-refractivity contribution in [2.45, 2.75) is 12.3 Å². The zero-order valence-corrected chi connectivity index (χ0v) is 9.91. The predicted octanol–water partition coefficient (Wildman–Crippen LogP) is 3.42. The number of hydrogen-bond acceptors (Lipinski definition) is 1. The third-order valence-corrected chi connectivity index (χ3v) is 3.95. The molecule has 1 fully saturated rings. The first-order valence-electron chi connectivity index (χ1n) is 6.33. The lowest BCUT2D eigenvalue weighted by Gasteiger charge is -2.13. The van der Waals surface area contributed by atoms with Gasteiger partial charge in [0.2, 0.25) is 0 Å². The number of hydrogen-bond donors (Lipinski definition) is 0. The van der Waals surface area contributed by atoms with Crippen molar-refractivity contribution in [3.8, 4) is 5.69 Å². The highest BCUT2D eigenvalue weighted by Gasteiger charge is 2.42. The minimum Gasteiger partial charge on any atom is -0.310 e. The van der Waals surface area contributed by atoms with E-state index < -0.39 is 0 Å². The maximum absolute atomic E-state index is 11.3. The standard InChI is InChI=1S/C16H13NO/c18-10-14-8-12-7-6-11-9-15(11)16(12)17(14)13-4-2-1-3-5-13/h1-8,10-11,15H,9H2/t11-,15?/m0/s1. The number of fused-ring (bicyclic) bond motifs is 3. The molecule has 2 nitrogen and oxygen atoms in total. The fourth-order valence-corrected chi connectivity index (χ4v) is 3.00. The largest absolute Gasteiger partial charge is 0.310 e. The van der Waals surface area contributed by atoms with Gasteiger partial charge in [-0.2, -0.15) is 0 Å². The predicted molar refractivity (Wildman–Crippen MR) is 71.0 cm³/mol. The summed E-state index contributed by atoms with van der Waals surface area (Å²) < 4.78 is 2.12. The molecule has 1 aromatic heterocycles. The molecule has 1 unspecified atom stereocenters. The van der Waals surface area contributed by atoms with Crippen molar-refractivity contribution in [3.63, 3.8) is 0 Å². The lowest BCUT2D eigenvalue weighted by Crippen LogP contribution is -2.05. The Morgan fingerprint density at radius 3 is 2.83 bits per heavy atom. The second-order valence-corrected chi connectivity index (χ2v) is 5.06. The van der Waals surface area contributed by atoms with Crippen LogP contribution < -0.4 is 0 Å². The lowest BCUT2D eigenvalue weighted by atomic mass is 10.1. The van der Waals surface area contributed by atoms with Gasteiger partial charge in [0.1, 0.15) is 0 Å². The van der Waals surface area contributed by atoms with Gasteiger partial charge in [-0.1, -0.05) is 30.4 Å². The van der Waals surface area contributed by atoms with Crippen molar-refractivity contribution in [3.05, 3.63) is 59.4 Å². The van der Waals surface area contributed by atoms with E-state index >= 15 is 0 Å². The van der Waals surface area contributed by atoms with Gasteiger partial charge in [0, 0.05) is 17.3 Å². The number of rotatable bonds is 2. The second kappa shape index (κ2) is 3.45. The molecule has 0 saturated heterocycles. The number of carbonyl (C=O) groups is 1. The highest BCUT2D eigenvalue weighted by molar-refractivity contribution is 5.78. The molecule has 2 atom stereocenters. The molecular weight excluding hydrogens is 222 g/mol. The van der Waals surface area contributed by atoms with Crippen LogP contribution in [0.3, 0.4) is 0 Å². The first-order valence-corrected chi connectivity index (χ1v) is 6.33. The average Bonchev–Trinajstić information content (AvgIpc) is 3.12. The van der Waals surface area contributed by atoms with Crippen molar-refractivity contribution in [1.82, 2.24) is 4.57 Å². The van der Waals surface area contributed by atoms with Gasteiger partial charge in [0.25, 0.3) is 0 Å². The van der Waals surface area contributed by atoms with E-state index in [-0.39, 0.29) is 0 Å². The van der Waals surface area contributed by atoms with E-state index in [0.717, 1.165) is 17.7 Å². The Morgan fingerprint density at radius 2 is 2.06 bits per heavy atom. The Bertz CT molecular complexity index is 651. The summed E-state index contributed by atoms with van der Waals surface area (Å²) in [6, 6.07) is 12.1. The molecule has 2 aromatic rings. The molecule has 4 rings (SSSR count). The molecule has 0 amide bonds. The summed E-state index contributed by atoms with van der Waals surface area (Å²) in [4.78, 5) is 11.3. The summed E-state index contributed by atoms with van der Waals surface area (Å²) in [6.07, 6.45) is 6.61. The Kier molecular flexibility index (Phi) is 1.90. The molecule has 18 heavy (non-hydrogen) atoms. The first kappa shape index (κ1) is 9.89. The molecule has 0 aliphatic heterocycles. The fourth-order valence-electron chi connectivity index (χ4n) is 3.00. The normalized spacial score (nSPS) is 23.3. The number of benzene rings is 1. The van der Waals surface area contributed by atoms with Crippen LogP contribution in [0.2, 0.25) is 0 Å². The van der Waals surface area contributed by atoms with Crippen molar-refractivity contribution in [1.29, 1.82) is 0 Å². The van der Waals surface area contributed by atoms with E-state index in [2.05, 4.69) is 28.9 Å². The van der Waals surface area contributed by atoms with Crippen LogP contribution in [0.15, 0.2) is 42.5 Å². The highest BCUT2D eigenvalue weighted by atomic mass is 16.1. The van der Waals surface area contributed by atoms with Crippen molar-refractivity contribution >= 4 is 12.4 Å². The van der Waals surface area contributed by atoms with Gasteiger partial charge < -0.3 is 4.57 Å².